The highest BCUT2D eigenvalue weighted by Gasteiger charge is 2.27. The van der Waals surface area contributed by atoms with Crippen LogP contribution in [0.5, 0.6) is 5.75 Å². The molecule has 0 aliphatic carbocycles. The summed E-state index contributed by atoms with van der Waals surface area (Å²) in [7, 11) is 0. The first-order chi connectivity index (χ1) is 16.8. The van der Waals surface area contributed by atoms with E-state index in [1.165, 1.54) is 16.7 Å². The number of carboxylic acids is 2. The van der Waals surface area contributed by atoms with E-state index < -0.39 is 11.9 Å². The number of anilines is 1. The van der Waals surface area contributed by atoms with Crippen molar-refractivity contribution in [2.45, 2.75) is 38.5 Å². The molecular weight excluding hydrogens is 452 g/mol. The number of hydrogen-bond donors (Lipinski definition) is 3. The molecule has 2 heterocycles. The van der Waals surface area contributed by atoms with Gasteiger partial charge in [-0.25, -0.2) is 4.79 Å². The van der Waals surface area contributed by atoms with Gasteiger partial charge in [0.1, 0.15) is 12.4 Å². The Labute approximate surface area is 204 Å². The van der Waals surface area contributed by atoms with Gasteiger partial charge in [-0.05, 0) is 54.8 Å². The van der Waals surface area contributed by atoms with Crippen LogP contribution in [0.15, 0.2) is 42.5 Å². The van der Waals surface area contributed by atoms with E-state index in [4.69, 9.17) is 19.7 Å². The lowest BCUT2D eigenvalue weighted by molar-refractivity contribution is -0.143. The largest absolute Gasteiger partial charge is 0.490 e. The molecule has 2 aliphatic rings. The number of hydrogen-bond acceptors (Lipinski definition) is 6. The van der Waals surface area contributed by atoms with Crippen LogP contribution < -0.4 is 15.0 Å². The molecule has 3 N–H and O–H groups in total. The van der Waals surface area contributed by atoms with Crippen LogP contribution in [-0.4, -0.2) is 61.1 Å². The summed E-state index contributed by atoms with van der Waals surface area (Å²) in [6.45, 7) is 5.39. The van der Waals surface area contributed by atoms with E-state index in [9.17, 15) is 14.4 Å². The third-order valence-corrected chi connectivity index (χ3v) is 5.89. The molecule has 35 heavy (non-hydrogen) atoms. The molecular formula is C26H32N2O7. The van der Waals surface area contributed by atoms with Gasteiger partial charge in [-0.1, -0.05) is 37.3 Å². The molecule has 0 spiro atoms. The van der Waals surface area contributed by atoms with E-state index in [0.717, 1.165) is 37.4 Å². The zero-order valence-corrected chi connectivity index (χ0v) is 19.9. The van der Waals surface area contributed by atoms with E-state index in [-0.39, 0.29) is 24.9 Å². The van der Waals surface area contributed by atoms with Crippen LogP contribution in [0.1, 0.15) is 42.4 Å². The van der Waals surface area contributed by atoms with Crippen LogP contribution in [0.2, 0.25) is 0 Å². The fourth-order valence-electron chi connectivity index (χ4n) is 3.94. The maximum atomic E-state index is 12.8. The smallest absolute Gasteiger partial charge is 0.414 e. The highest BCUT2D eigenvalue weighted by atomic mass is 16.6. The number of rotatable bonds is 6. The third kappa shape index (κ3) is 7.71. The average Bonchev–Trinajstić information content (AvgIpc) is 3.10. The molecule has 9 heteroatoms. The SMILES string of the molecule is CC(COC(=O)N1CCOc2cc3c(cc21)CCNCC3)c1ccccc1.O=C(O)CCC(=O)O. The first-order valence-corrected chi connectivity index (χ1v) is 11.8. The van der Waals surface area contributed by atoms with Crippen LogP contribution in [0.3, 0.4) is 0 Å². The van der Waals surface area contributed by atoms with Crippen molar-refractivity contribution in [1.29, 1.82) is 0 Å². The zero-order chi connectivity index (χ0) is 25.2. The summed E-state index contributed by atoms with van der Waals surface area (Å²) in [5.74, 6) is -1.21. The van der Waals surface area contributed by atoms with Gasteiger partial charge in [0.2, 0.25) is 0 Å². The van der Waals surface area contributed by atoms with E-state index in [0.29, 0.717) is 19.8 Å². The normalized spacial score (nSPS) is 15.2. The summed E-state index contributed by atoms with van der Waals surface area (Å²) in [5.41, 5.74) is 4.61. The maximum Gasteiger partial charge on any atom is 0.414 e. The predicted octanol–water partition coefficient (Wildman–Crippen LogP) is 3.45. The quantitative estimate of drug-likeness (QED) is 0.569. The van der Waals surface area contributed by atoms with E-state index >= 15 is 0 Å². The number of fused-ring (bicyclic) bond motifs is 2. The lowest BCUT2D eigenvalue weighted by Gasteiger charge is -2.30. The Bertz CT molecular complexity index is 1010. The van der Waals surface area contributed by atoms with Crippen LogP contribution in [0.25, 0.3) is 0 Å². The Morgan fingerprint density at radius 3 is 2.29 bits per heavy atom. The van der Waals surface area contributed by atoms with Crippen LogP contribution >= 0.6 is 0 Å². The van der Waals surface area contributed by atoms with Gasteiger partial charge in [0, 0.05) is 5.92 Å². The summed E-state index contributed by atoms with van der Waals surface area (Å²) < 4.78 is 11.5. The fraction of sp³-hybridized carbons (Fsp3) is 0.423. The number of nitrogens with zero attached hydrogens (tertiary/aromatic N) is 1. The van der Waals surface area contributed by atoms with Gasteiger partial charge in [0.25, 0.3) is 0 Å². The summed E-state index contributed by atoms with van der Waals surface area (Å²) in [6, 6.07) is 14.3. The second-order valence-corrected chi connectivity index (χ2v) is 8.51. The molecule has 0 saturated carbocycles. The Morgan fingerprint density at radius 2 is 1.66 bits per heavy atom. The van der Waals surface area contributed by atoms with Gasteiger partial charge in [-0.2, -0.15) is 0 Å². The predicted molar refractivity (Wildman–Crippen MR) is 130 cm³/mol. The first-order valence-electron chi connectivity index (χ1n) is 11.8. The van der Waals surface area contributed by atoms with Gasteiger partial charge in [0.05, 0.1) is 31.7 Å². The molecule has 0 saturated heterocycles. The monoisotopic (exact) mass is 484 g/mol. The van der Waals surface area contributed by atoms with Gasteiger partial charge >= 0.3 is 18.0 Å². The number of carbonyl (C=O) groups excluding carboxylic acids is 1. The van der Waals surface area contributed by atoms with Crippen molar-refractivity contribution in [3.8, 4) is 5.75 Å². The summed E-state index contributed by atoms with van der Waals surface area (Å²) in [6.07, 6.45) is 1.07. The van der Waals surface area contributed by atoms with Gasteiger partial charge in [0.15, 0.2) is 0 Å². The molecule has 0 aromatic heterocycles. The highest BCUT2D eigenvalue weighted by Crippen LogP contribution is 2.36. The lowest BCUT2D eigenvalue weighted by Crippen LogP contribution is -2.39. The molecule has 188 valence electrons. The van der Waals surface area contributed by atoms with E-state index in [1.807, 2.05) is 18.2 Å². The second-order valence-electron chi connectivity index (χ2n) is 8.51. The Morgan fingerprint density at radius 1 is 1.03 bits per heavy atom. The number of ether oxygens (including phenoxy) is 2. The second kappa shape index (κ2) is 12.8. The third-order valence-electron chi connectivity index (χ3n) is 5.89. The van der Waals surface area contributed by atoms with Gasteiger partial charge in [-0.3, -0.25) is 14.5 Å². The summed E-state index contributed by atoms with van der Waals surface area (Å²) in [4.78, 5) is 33.8. The fourth-order valence-corrected chi connectivity index (χ4v) is 3.94. The number of aliphatic carboxylic acids is 2. The number of nitrogens with one attached hydrogen (secondary N) is 1. The first kappa shape index (κ1) is 26.0. The van der Waals surface area contributed by atoms with Crippen LogP contribution in [-0.2, 0) is 27.2 Å². The van der Waals surface area contributed by atoms with Gasteiger partial charge < -0.3 is 25.0 Å². The Kier molecular flexibility index (Phi) is 9.48. The number of carbonyl (C=O) groups is 3. The zero-order valence-electron chi connectivity index (χ0n) is 19.9. The van der Waals surface area contributed by atoms with Crippen molar-refractivity contribution in [2.24, 2.45) is 0 Å². The van der Waals surface area contributed by atoms with Crippen molar-refractivity contribution < 1.29 is 34.1 Å². The van der Waals surface area contributed by atoms with Gasteiger partial charge in [-0.15, -0.1) is 0 Å². The molecule has 0 radical (unpaired) electrons. The minimum absolute atomic E-state index is 0.161. The van der Waals surface area contributed by atoms with Crippen molar-refractivity contribution >= 4 is 23.7 Å². The molecule has 1 amide bonds. The molecule has 0 bridgehead atoms. The lowest BCUT2D eigenvalue weighted by atomic mass is 10.0. The average molecular weight is 485 g/mol. The summed E-state index contributed by atoms with van der Waals surface area (Å²) >= 11 is 0. The molecule has 2 aromatic carbocycles. The highest BCUT2D eigenvalue weighted by molar-refractivity contribution is 5.90. The molecule has 1 unspecified atom stereocenters. The van der Waals surface area contributed by atoms with Crippen molar-refractivity contribution in [3.63, 3.8) is 0 Å². The Hall–Kier alpha value is -3.59. The van der Waals surface area contributed by atoms with Crippen molar-refractivity contribution in [1.82, 2.24) is 5.32 Å². The molecule has 2 aliphatic heterocycles. The topological polar surface area (TPSA) is 125 Å². The number of benzene rings is 2. The van der Waals surface area contributed by atoms with Crippen molar-refractivity contribution in [3.05, 3.63) is 59.2 Å². The van der Waals surface area contributed by atoms with E-state index in [1.54, 1.807) is 4.90 Å². The molecule has 4 rings (SSSR count). The molecule has 0 fully saturated rings. The van der Waals surface area contributed by atoms with Crippen LogP contribution in [0, 0.1) is 0 Å². The number of amides is 1. The standard InChI is InChI=1S/C22H26N2O3.C4H6O4/c1-16(17-5-3-2-4-6-17)15-27-22(25)24-11-12-26-21-14-19-8-10-23-9-7-18(19)13-20(21)24;5-3(6)1-2-4(7)8/h2-6,13-14,16,23H,7-12,15H2,1H3;1-2H2,(H,5,6)(H,7,8). The Balaban J connectivity index is 0.000000371. The molecule has 9 nitrogen and oxygen atoms in total. The molecule has 1 atom stereocenters. The van der Waals surface area contributed by atoms with E-state index in [2.05, 4.69) is 36.5 Å². The maximum absolute atomic E-state index is 12.8. The minimum atomic E-state index is -1.08. The number of carboxylic acid groups (broad SMARTS) is 2. The summed E-state index contributed by atoms with van der Waals surface area (Å²) in [5, 5.41) is 19.2. The van der Waals surface area contributed by atoms with Crippen LogP contribution in [0.4, 0.5) is 10.5 Å². The minimum Gasteiger partial charge on any atom is -0.490 e. The van der Waals surface area contributed by atoms with Crippen molar-refractivity contribution in [2.75, 3.05) is 37.7 Å². The molecule has 2 aromatic rings.